The molecule has 1 aliphatic heterocycles. The van der Waals surface area contributed by atoms with Crippen LogP contribution in [0, 0.1) is 11.8 Å². The fourth-order valence-electron chi connectivity index (χ4n) is 3.96. The molecule has 1 aromatic carbocycles. The van der Waals surface area contributed by atoms with Crippen LogP contribution >= 0.6 is 0 Å². The predicted octanol–water partition coefficient (Wildman–Crippen LogP) is 1.98. The molecule has 6 nitrogen and oxygen atoms in total. The minimum atomic E-state index is 0.248. The van der Waals surface area contributed by atoms with Gasteiger partial charge in [-0.2, -0.15) is 0 Å². The zero-order chi connectivity index (χ0) is 19.4. The van der Waals surface area contributed by atoms with E-state index < -0.39 is 0 Å². The second-order valence-electron chi connectivity index (χ2n) is 8.01. The third-order valence-electron chi connectivity index (χ3n) is 5.84. The van der Waals surface area contributed by atoms with Crippen LogP contribution in [-0.4, -0.2) is 69.7 Å². The number of likely N-dealkylation sites (N-methyl/N-ethyl adjacent to an activating group) is 1. The number of nitrogens with one attached hydrogen (secondary N) is 1. The third-order valence-corrected chi connectivity index (χ3v) is 5.84. The van der Waals surface area contributed by atoms with Gasteiger partial charge in [0.25, 0.3) is 0 Å². The highest BCUT2D eigenvalue weighted by Gasteiger charge is 2.33. The lowest BCUT2D eigenvalue weighted by Crippen LogP contribution is -2.53. The van der Waals surface area contributed by atoms with Gasteiger partial charge in [-0.05, 0) is 51.9 Å². The summed E-state index contributed by atoms with van der Waals surface area (Å²) in [5.74, 6) is 2.71. The van der Waals surface area contributed by atoms with Crippen molar-refractivity contribution in [3.8, 4) is 11.5 Å². The van der Waals surface area contributed by atoms with Gasteiger partial charge in [-0.3, -0.25) is 9.69 Å². The van der Waals surface area contributed by atoms with Crippen LogP contribution < -0.4 is 14.8 Å². The van der Waals surface area contributed by atoms with Crippen LogP contribution in [0.15, 0.2) is 18.2 Å². The Bertz CT molecular complexity index is 646. The van der Waals surface area contributed by atoms with Crippen molar-refractivity contribution in [2.45, 2.75) is 31.8 Å². The van der Waals surface area contributed by atoms with Crippen LogP contribution in [0.2, 0.25) is 0 Å². The summed E-state index contributed by atoms with van der Waals surface area (Å²) in [4.78, 5) is 16.8. The number of nitrogens with zero attached hydrogens (tertiary/aromatic N) is 2. The summed E-state index contributed by atoms with van der Waals surface area (Å²) in [7, 11) is 7.65. The topological polar surface area (TPSA) is 54.0 Å². The van der Waals surface area contributed by atoms with E-state index in [0.29, 0.717) is 12.0 Å². The normalized spacial score (nSPS) is 23.3. The maximum Gasteiger partial charge on any atom is 0.223 e. The highest BCUT2D eigenvalue weighted by molar-refractivity contribution is 5.80. The van der Waals surface area contributed by atoms with Crippen LogP contribution in [0.4, 0.5) is 0 Å². The van der Waals surface area contributed by atoms with Gasteiger partial charge < -0.3 is 19.7 Å². The van der Waals surface area contributed by atoms with Crippen LogP contribution in [0.1, 0.15) is 24.8 Å². The number of rotatable bonds is 8. The number of ether oxygens (including phenoxy) is 2. The van der Waals surface area contributed by atoms with Gasteiger partial charge in [0.1, 0.15) is 11.5 Å². The van der Waals surface area contributed by atoms with E-state index in [1.165, 1.54) is 5.56 Å². The summed E-state index contributed by atoms with van der Waals surface area (Å²) in [6.07, 6.45) is 3.21. The molecular weight excluding hydrogens is 342 g/mol. The predicted molar refractivity (Wildman–Crippen MR) is 106 cm³/mol. The zero-order valence-corrected chi connectivity index (χ0v) is 17.0. The molecule has 2 fully saturated rings. The molecule has 3 rings (SSSR count). The Morgan fingerprint density at radius 2 is 2.00 bits per heavy atom. The Morgan fingerprint density at radius 1 is 1.22 bits per heavy atom. The van der Waals surface area contributed by atoms with Crippen molar-refractivity contribution in [3.05, 3.63) is 23.8 Å². The average molecular weight is 376 g/mol. The van der Waals surface area contributed by atoms with Crippen LogP contribution in [0.3, 0.4) is 0 Å². The summed E-state index contributed by atoms with van der Waals surface area (Å²) in [5.41, 5.74) is 1.18. The van der Waals surface area contributed by atoms with E-state index in [1.54, 1.807) is 14.2 Å². The zero-order valence-electron chi connectivity index (χ0n) is 17.0. The molecule has 0 aromatic heterocycles. The number of likely N-dealkylation sites (tertiary alicyclic amines) is 1. The Balaban J connectivity index is 1.59. The van der Waals surface area contributed by atoms with Gasteiger partial charge in [0.2, 0.25) is 5.91 Å². The average Bonchev–Trinajstić information content (AvgIpc) is 3.52. The summed E-state index contributed by atoms with van der Waals surface area (Å²) in [5, 5.41) is 3.18. The van der Waals surface area contributed by atoms with Crippen molar-refractivity contribution >= 4 is 5.91 Å². The van der Waals surface area contributed by atoms with Crippen molar-refractivity contribution in [1.82, 2.24) is 15.1 Å². The van der Waals surface area contributed by atoms with E-state index in [4.69, 9.17) is 9.47 Å². The molecule has 0 spiro atoms. The molecule has 1 N–H and O–H groups in total. The number of carbonyl (C=O) groups is 1. The number of carbonyl (C=O) groups excluding carboxylic acids is 1. The molecule has 27 heavy (non-hydrogen) atoms. The summed E-state index contributed by atoms with van der Waals surface area (Å²) in [6.45, 7) is 3.67. The first kappa shape index (κ1) is 20.0. The second kappa shape index (κ2) is 8.93. The number of hydrogen-bond acceptors (Lipinski definition) is 5. The van der Waals surface area contributed by atoms with E-state index in [2.05, 4.69) is 35.3 Å². The van der Waals surface area contributed by atoms with Gasteiger partial charge in [-0.1, -0.05) is 6.07 Å². The van der Waals surface area contributed by atoms with Crippen molar-refractivity contribution in [2.24, 2.45) is 11.8 Å². The van der Waals surface area contributed by atoms with Gasteiger partial charge in [0.15, 0.2) is 0 Å². The van der Waals surface area contributed by atoms with E-state index in [9.17, 15) is 4.79 Å². The van der Waals surface area contributed by atoms with Crippen LogP contribution in [-0.2, 0) is 11.3 Å². The number of benzene rings is 1. The number of amides is 1. The standard InChI is InChI=1S/C21H33N3O3/c1-23(2)19-14-24(10-9-16(19)12-22-21(25)15-5-6-15)13-17-7-8-18(26-3)11-20(17)27-4/h7-8,11,15-16,19H,5-6,9-10,12-14H2,1-4H3,(H,22,25)/t16-,19-/m1/s1. The second-order valence-corrected chi connectivity index (χ2v) is 8.01. The van der Waals surface area contributed by atoms with Gasteiger partial charge in [0.05, 0.1) is 14.2 Å². The van der Waals surface area contributed by atoms with Gasteiger partial charge in [0, 0.05) is 43.2 Å². The van der Waals surface area contributed by atoms with Gasteiger partial charge in [-0.15, -0.1) is 0 Å². The molecule has 1 saturated carbocycles. The smallest absolute Gasteiger partial charge is 0.223 e. The highest BCUT2D eigenvalue weighted by atomic mass is 16.5. The quantitative estimate of drug-likeness (QED) is 0.753. The largest absolute Gasteiger partial charge is 0.497 e. The van der Waals surface area contributed by atoms with Crippen molar-refractivity contribution in [2.75, 3.05) is 47.9 Å². The highest BCUT2D eigenvalue weighted by Crippen LogP contribution is 2.30. The maximum absolute atomic E-state index is 12.0. The molecule has 0 radical (unpaired) electrons. The Hall–Kier alpha value is -1.79. The molecule has 1 amide bonds. The molecule has 1 aromatic rings. The lowest BCUT2D eigenvalue weighted by molar-refractivity contribution is -0.122. The SMILES string of the molecule is COc1ccc(CN2CC[C@H](CNC(=O)C3CC3)[C@H](N(C)C)C2)c(OC)c1. The monoisotopic (exact) mass is 375 g/mol. The Labute approximate surface area is 162 Å². The van der Waals surface area contributed by atoms with E-state index in [1.807, 2.05) is 12.1 Å². The minimum absolute atomic E-state index is 0.248. The number of hydrogen-bond donors (Lipinski definition) is 1. The molecule has 1 saturated heterocycles. The lowest BCUT2D eigenvalue weighted by Gasteiger charge is -2.42. The first-order valence-corrected chi connectivity index (χ1v) is 9.89. The molecule has 2 aliphatic rings. The third kappa shape index (κ3) is 5.14. The van der Waals surface area contributed by atoms with E-state index in [0.717, 1.165) is 56.9 Å². The van der Waals surface area contributed by atoms with Gasteiger partial charge >= 0.3 is 0 Å². The first-order chi connectivity index (χ1) is 13.0. The van der Waals surface area contributed by atoms with Crippen molar-refractivity contribution in [1.29, 1.82) is 0 Å². The molecule has 2 atom stereocenters. The van der Waals surface area contributed by atoms with Gasteiger partial charge in [-0.25, -0.2) is 0 Å². The molecule has 1 heterocycles. The van der Waals surface area contributed by atoms with Crippen LogP contribution in [0.5, 0.6) is 11.5 Å². The summed E-state index contributed by atoms with van der Waals surface area (Å²) >= 11 is 0. The van der Waals surface area contributed by atoms with Crippen LogP contribution in [0.25, 0.3) is 0 Å². The molecule has 1 aliphatic carbocycles. The molecular formula is C21H33N3O3. The number of methoxy groups -OCH3 is 2. The van der Waals surface area contributed by atoms with Crippen molar-refractivity contribution in [3.63, 3.8) is 0 Å². The number of piperidine rings is 1. The Kier molecular flexibility index (Phi) is 6.60. The minimum Gasteiger partial charge on any atom is -0.497 e. The fourth-order valence-corrected chi connectivity index (χ4v) is 3.96. The molecule has 0 unspecified atom stereocenters. The van der Waals surface area contributed by atoms with Crippen molar-refractivity contribution < 1.29 is 14.3 Å². The Morgan fingerprint density at radius 3 is 2.63 bits per heavy atom. The molecule has 6 heteroatoms. The summed E-state index contributed by atoms with van der Waals surface area (Å²) < 4.78 is 10.9. The van der Waals surface area contributed by atoms with E-state index in [-0.39, 0.29) is 11.8 Å². The first-order valence-electron chi connectivity index (χ1n) is 9.89. The molecule has 0 bridgehead atoms. The molecule has 150 valence electrons. The lowest BCUT2D eigenvalue weighted by atomic mass is 9.90. The fraction of sp³-hybridized carbons (Fsp3) is 0.667. The maximum atomic E-state index is 12.0. The van der Waals surface area contributed by atoms with E-state index >= 15 is 0 Å². The summed E-state index contributed by atoms with van der Waals surface area (Å²) in [6, 6.07) is 6.45.